The van der Waals surface area contributed by atoms with Gasteiger partial charge in [0, 0.05) is 84.6 Å². The van der Waals surface area contributed by atoms with E-state index in [4.69, 9.17) is 0 Å². The molecule has 0 rings (SSSR count). The van der Waals surface area contributed by atoms with E-state index in [1.54, 1.807) is 0 Å². The Morgan fingerprint density at radius 3 is 1.00 bits per heavy atom. The van der Waals surface area contributed by atoms with Gasteiger partial charge in [-0.05, 0) is 0 Å². The summed E-state index contributed by atoms with van der Waals surface area (Å²) in [5.74, 6) is 0. The van der Waals surface area contributed by atoms with Crippen LogP contribution >= 0.6 is 0 Å². The number of hydrogen-bond acceptors (Lipinski definition) is 0. The van der Waals surface area contributed by atoms with Crippen LogP contribution in [-0.2, 0) is 41.9 Å². The zero-order chi connectivity index (χ0) is 0. The third kappa shape index (κ3) is 8.83. The quantitative estimate of drug-likeness (QED) is 0.479. The molecule has 4 heteroatoms. The summed E-state index contributed by atoms with van der Waals surface area (Å²) in [6.07, 6.45) is 0. The maximum absolute atomic E-state index is 0. The predicted octanol–water partition coefficient (Wildman–Crippen LogP) is -0.767. The predicted molar refractivity (Wildman–Crippen MR) is 11.5 cm³/mol. The molecule has 0 aromatic rings. The fourth-order valence-electron chi connectivity index (χ4n) is 0. The van der Waals surface area contributed by atoms with Crippen LogP contribution in [0.3, 0.4) is 0 Å². The van der Waals surface area contributed by atoms with Gasteiger partial charge in [-0.25, -0.2) is 0 Å². The van der Waals surface area contributed by atoms with Crippen LogP contribution in [0.15, 0.2) is 0 Å². The summed E-state index contributed by atoms with van der Waals surface area (Å²) in [5, 5.41) is 0. The van der Waals surface area contributed by atoms with Crippen molar-refractivity contribution >= 4 is 42.8 Å². The van der Waals surface area contributed by atoms with E-state index in [0.717, 1.165) is 0 Å². The molecule has 0 unspecified atom stereocenters. The van der Waals surface area contributed by atoms with Gasteiger partial charge in [0.2, 0.25) is 0 Å². The van der Waals surface area contributed by atoms with E-state index in [2.05, 4.69) is 0 Å². The first-order chi connectivity index (χ1) is 0. The molecule has 18 valence electrons. The molecule has 0 spiro atoms. The molecule has 0 saturated heterocycles. The molecule has 0 atom stereocenters. The molecule has 0 heterocycles. The molecule has 0 aliphatic heterocycles. The molecular formula is AuLiSnZn. The van der Waals surface area contributed by atoms with Gasteiger partial charge >= 0.3 is 0 Å². The molecular weight excluding hydrogens is 388 g/mol. The van der Waals surface area contributed by atoms with Crippen molar-refractivity contribution in [2.45, 2.75) is 0 Å². The van der Waals surface area contributed by atoms with Crippen molar-refractivity contribution in [3.05, 3.63) is 0 Å². The Morgan fingerprint density at radius 2 is 1.00 bits per heavy atom. The Bertz CT molecular complexity index is 8.00. The van der Waals surface area contributed by atoms with Gasteiger partial charge in [0.1, 0.15) is 0 Å². The average Bonchev–Trinajstić information content (AvgIpc) is 0. The molecule has 0 aromatic carbocycles. The van der Waals surface area contributed by atoms with Gasteiger partial charge in [-0.1, -0.05) is 0 Å². The smallest absolute Gasteiger partial charge is 0 e. The van der Waals surface area contributed by atoms with E-state index < -0.39 is 0 Å². The van der Waals surface area contributed by atoms with E-state index in [-0.39, 0.29) is 84.6 Å². The first-order valence-corrected chi connectivity index (χ1v) is 0. The van der Waals surface area contributed by atoms with Crippen molar-refractivity contribution in [3.8, 4) is 0 Å². The van der Waals surface area contributed by atoms with Gasteiger partial charge in [-0.3, -0.25) is 0 Å². The molecule has 0 aliphatic carbocycles. The average molecular weight is 388 g/mol. The number of rotatable bonds is 0. The first kappa shape index (κ1) is 29.4. The van der Waals surface area contributed by atoms with E-state index in [9.17, 15) is 0 Å². The fraction of sp³-hybridized carbons (Fsp3) is 0. The van der Waals surface area contributed by atoms with Gasteiger partial charge in [-0.2, -0.15) is 0 Å². The van der Waals surface area contributed by atoms with Crippen LogP contribution in [0.4, 0.5) is 0 Å². The van der Waals surface area contributed by atoms with E-state index in [1.165, 1.54) is 0 Å². The van der Waals surface area contributed by atoms with Gasteiger partial charge in [0.05, 0.1) is 0 Å². The Morgan fingerprint density at radius 1 is 1.00 bits per heavy atom. The van der Waals surface area contributed by atoms with E-state index >= 15 is 0 Å². The largest absolute Gasteiger partial charge is 0 e. The fourth-order valence-corrected chi connectivity index (χ4v) is 0. The van der Waals surface area contributed by atoms with Gasteiger partial charge in [-0.15, -0.1) is 0 Å². The molecule has 0 amide bonds. The Kier molecular flexibility index (Phi) is 126. The van der Waals surface area contributed by atoms with E-state index in [0.29, 0.717) is 0 Å². The van der Waals surface area contributed by atoms with Crippen molar-refractivity contribution in [2.75, 3.05) is 0 Å². The van der Waals surface area contributed by atoms with Crippen molar-refractivity contribution < 1.29 is 41.9 Å². The molecule has 4 heavy (non-hydrogen) atoms. The van der Waals surface area contributed by atoms with E-state index in [1.807, 2.05) is 0 Å². The molecule has 0 bridgehead atoms. The maximum Gasteiger partial charge on any atom is 0 e. The van der Waals surface area contributed by atoms with Crippen LogP contribution in [0.2, 0.25) is 0 Å². The third-order valence-corrected chi connectivity index (χ3v) is 0. The van der Waals surface area contributed by atoms with Crippen molar-refractivity contribution in [1.82, 2.24) is 0 Å². The van der Waals surface area contributed by atoms with Gasteiger partial charge < -0.3 is 0 Å². The van der Waals surface area contributed by atoms with Crippen LogP contribution in [0.1, 0.15) is 0 Å². The van der Waals surface area contributed by atoms with Gasteiger partial charge in [0.15, 0.2) is 0 Å². The van der Waals surface area contributed by atoms with Crippen LogP contribution in [0.25, 0.3) is 0 Å². The Labute approximate surface area is 83.3 Å². The van der Waals surface area contributed by atoms with Crippen molar-refractivity contribution in [3.63, 3.8) is 0 Å². The topological polar surface area (TPSA) is 0 Å². The summed E-state index contributed by atoms with van der Waals surface area (Å²) in [6.45, 7) is 0. The zero-order valence-electron chi connectivity index (χ0n) is 2.51. The molecule has 0 aliphatic rings. The Balaban J connectivity index is 0. The molecule has 6 radical (unpaired) electrons. The third-order valence-electron chi connectivity index (χ3n) is 0. The molecule has 0 saturated carbocycles. The number of hydrogen-bond donors (Lipinski definition) is 0. The van der Waals surface area contributed by atoms with Crippen LogP contribution in [-0.4, -0.2) is 42.8 Å². The minimum Gasteiger partial charge on any atom is 0 e. The SMILES string of the molecule is [Au].[Li].[Sn].[Zn]. The first-order valence-electron chi connectivity index (χ1n) is 0. The second-order valence-electron chi connectivity index (χ2n) is 0. The second kappa shape index (κ2) is 17.1. The summed E-state index contributed by atoms with van der Waals surface area (Å²) in [5.41, 5.74) is 0. The molecule has 0 N–H and O–H groups in total. The summed E-state index contributed by atoms with van der Waals surface area (Å²) in [6, 6.07) is 0. The second-order valence-corrected chi connectivity index (χ2v) is 0. The normalized spacial score (nSPS) is 0. The molecule has 0 fully saturated rings. The van der Waals surface area contributed by atoms with Crippen LogP contribution in [0.5, 0.6) is 0 Å². The van der Waals surface area contributed by atoms with Crippen molar-refractivity contribution in [2.24, 2.45) is 0 Å². The van der Waals surface area contributed by atoms with Crippen LogP contribution in [0, 0.1) is 0 Å². The summed E-state index contributed by atoms with van der Waals surface area (Å²) >= 11 is 0. The molecule has 0 aromatic heterocycles. The summed E-state index contributed by atoms with van der Waals surface area (Å²) in [7, 11) is 0. The van der Waals surface area contributed by atoms with Crippen molar-refractivity contribution in [1.29, 1.82) is 0 Å². The monoisotopic (exact) mass is 388 g/mol. The minimum atomic E-state index is 0. The van der Waals surface area contributed by atoms with Crippen LogP contribution < -0.4 is 0 Å². The summed E-state index contributed by atoms with van der Waals surface area (Å²) < 4.78 is 0. The summed E-state index contributed by atoms with van der Waals surface area (Å²) in [4.78, 5) is 0. The Hall–Kier alpha value is 2.76. The zero-order valence-corrected chi connectivity index (χ0v) is 10.5. The maximum atomic E-state index is 0. The van der Waals surface area contributed by atoms with Gasteiger partial charge in [0.25, 0.3) is 0 Å². The standard InChI is InChI=1S/Au.Li.Sn.Zn. The minimum absolute atomic E-state index is 0. The molecule has 0 nitrogen and oxygen atoms in total.